The summed E-state index contributed by atoms with van der Waals surface area (Å²) in [5.41, 5.74) is 6.10. The Morgan fingerprint density at radius 2 is 2.32 bits per heavy atom. The molecule has 2 aromatic heterocycles. The molecule has 2 bridgehead atoms. The average Bonchev–Trinajstić information content (AvgIpc) is 3.02. The zero-order chi connectivity index (χ0) is 13.1. The van der Waals surface area contributed by atoms with E-state index in [2.05, 4.69) is 15.0 Å². The number of hydrogen-bond donors (Lipinski definition) is 2. The summed E-state index contributed by atoms with van der Waals surface area (Å²) in [5.74, 6) is -0.0362. The van der Waals surface area contributed by atoms with Crippen molar-refractivity contribution in [3.05, 3.63) is 12.4 Å². The van der Waals surface area contributed by atoms with Gasteiger partial charge in [-0.15, -0.1) is 0 Å². The number of nitrogens with zero attached hydrogens (tertiary/aromatic N) is 4. The van der Waals surface area contributed by atoms with Gasteiger partial charge in [0.1, 0.15) is 18.3 Å². The van der Waals surface area contributed by atoms with Gasteiger partial charge in [0.25, 0.3) is 0 Å². The average molecular weight is 267 g/mol. The number of fused-ring (bicyclic) bond motifs is 3. The van der Waals surface area contributed by atoms with Crippen LogP contribution in [0.3, 0.4) is 0 Å². The molecule has 8 nitrogen and oxygen atoms in total. The second-order valence-corrected chi connectivity index (χ2v) is 4.56. The van der Waals surface area contributed by atoms with Crippen molar-refractivity contribution in [1.29, 1.82) is 0 Å². The number of aliphatic hydroxyl groups is 1. The van der Waals surface area contributed by atoms with Crippen LogP contribution in [0.4, 0.5) is 10.2 Å². The van der Waals surface area contributed by atoms with Crippen LogP contribution >= 0.6 is 0 Å². The van der Waals surface area contributed by atoms with Gasteiger partial charge in [-0.1, -0.05) is 0 Å². The Hall–Kier alpha value is -1.84. The molecule has 9 heteroatoms. The van der Waals surface area contributed by atoms with Crippen LogP contribution in [0.15, 0.2) is 6.33 Å². The quantitative estimate of drug-likeness (QED) is 0.651. The van der Waals surface area contributed by atoms with Crippen molar-refractivity contribution in [1.82, 2.24) is 19.5 Å². The minimum Gasteiger partial charge on any atom is -0.387 e. The van der Waals surface area contributed by atoms with E-state index in [1.807, 2.05) is 0 Å². The number of ether oxygens (including phenoxy) is 2. The summed E-state index contributed by atoms with van der Waals surface area (Å²) < 4.78 is 25.8. The molecule has 0 aliphatic carbocycles. The first-order valence-corrected chi connectivity index (χ1v) is 5.76. The number of anilines is 1. The Balaban J connectivity index is 1.84. The van der Waals surface area contributed by atoms with Crippen LogP contribution in [0, 0.1) is 6.08 Å². The van der Waals surface area contributed by atoms with Crippen molar-refractivity contribution >= 4 is 17.0 Å². The molecule has 19 heavy (non-hydrogen) atoms. The molecule has 2 saturated heterocycles. The Kier molecular flexibility index (Phi) is 2.08. The van der Waals surface area contributed by atoms with E-state index in [1.54, 1.807) is 0 Å². The second kappa shape index (κ2) is 3.59. The number of aliphatic hydroxyl groups excluding tert-OH is 1. The maximum Gasteiger partial charge on any atom is 0.312 e. The highest BCUT2D eigenvalue weighted by molar-refractivity contribution is 5.81. The van der Waals surface area contributed by atoms with E-state index in [-0.39, 0.29) is 17.6 Å². The maximum atomic E-state index is 13.2. The summed E-state index contributed by atoms with van der Waals surface area (Å²) in [4.78, 5) is 11.1. The van der Waals surface area contributed by atoms with E-state index in [1.165, 1.54) is 10.9 Å². The first-order valence-electron chi connectivity index (χ1n) is 5.76. The van der Waals surface area contributed by atoms with Gasteiger partial charge in [-0.3, -0.25) is 4.57 Å². The van der Waals surface area contributed by atoms with Gasteiger partial charge < -0.3 is 20.3 Å². The number of halogens is 1. The van der Waals surface area contributed by atoms with Gasteiger partial charge in [0, 0.05) is 0 Å². The molecule has 2 fully saturated rings. The summed E-state index contributed by atoms with van der Waals surface area (Å²) in [6.07, 6.45) is -1.69. The molecule has 4 heterocycles. The third-order valence-electron chi connectivity index (χ3n) is 3.46. The molecule has 0 amide bonds. The van der Waals surface area contributed by atoms with Crippen molar-refractivity contribution in [3.63, 3.8) is 0 Å². The smallest absolute Gasteiger partial charge is 0.312 e. The molecule has 0 spiro atoms. The third kappa shape index (κ3) is 1.40. The lowest BCUT2D eigenvalue weighted by atomic mass is 10.2. The van der Waals surface area contributed by atoms with Crippen LogP contribution in [0.1, 0.15) is 6.23 Å². The predicted octanol–water partition coefficient (Wildman–Crippen LogP) is -0.795. The molecule has 0 radical (unpaired) electrons. The molecule has 2 aliphatic rings. The van der Waals surface area contributed by atoms with E-state index >= 15 is 0 Å². The molecule has 4 rings (SSSR count). The first-order chi connectivity index (χ1) is 9.15. The van der Waals surface area contributed by atoms with Gasteiger partial charge in [-0.25, -0.2) is 4.98 Å². The van der Waals surface area contributed by atoms with Crippen molar-refractivity contribution in [2.75, 3.05) is 12.3 Å². The number of nitrogens with two attached hydrogens (primary N) is 1. The summed E-state index contributed by atoms with van der Waals surface area (Å²) in [7, 11) is 0. The largest absolute Gasteiger partial charge is 0.387 e. The molecule has 3 N–H and O–H groups in total. The number of nitrogen functional groups attached to an aromatic ring is 1. The van der Waals surface area contributed by atoms with Crippen LogP contribution < -0.4 is 5.73 Å². The Morgan fingerprint density at radius 1 is 1.47 bits per heavy atom. The zero-order valence-electron chi connectivity index (χ0n) is 9.60. The van der Waals surface area contributed by atoms with E-state index in [0.29, 0.717) is 12.1 Å². The van der Waals surface area contributed by atoms with E-state index in [4.69, 9.17) is 15.2 Å². The third-order valence-corrected chi connectivity index (χ3v) is 3.46. The second-order valence-electron chi connectivity index (χ2n) is 4.56. The fourth-order valence-corrected chi connectivity index (χ4v) is 2.56. The lowest BCUT2D eigenvalue weighted by molar-refractivity contribution is -0.125. The van der Waals surface area contributed by atoms with Crippen molar-refractivity contribution < 1.29 is 19.0 Å². The number of rotatable bonds is 1. The predicted molar refractivity (Wildman–Crippen MR) is 59.4 cm³/mol. The highest BCUT2D eigenvalue weighted by Gasteiger charge is 2.51. The normalized spacial score (nSPS) is 33.4. The van der Waals surface area contributed by atoms with Gasteiger partial charge in [-0.05, 0) is 0 Å². The standard InChI is InChI=1S/C10H10FN5O3/c11-10-14-7(12)4-8(15-10)16(2-13-4)9-6-5(17)3(19-9)1-18-6/h2-3,5-6,9,17H,1H2,(H2,12,14,15)/t3-,5-,6-,9-/m1/s1. The van der Waals surface area contributed by atoms with Crippen LogP contribution in [0.5, 0.6) is 0 Å². The fraction of sp³-hybridized carbons (Fsp3) is 0.500. The van der Waals surface area contributed by atoms with Gasteiger partial charge >= 0.3 is 6.08 Å². The SMILES string of the molecule is Nc1nc(F)nc2c1ncn2[C@@H]1O[C@@H]2CO[C@@H]1[C@@H]2O. The Morgan fingerprint density at radius 3 is 3.00 bits per heavy atom. The Labute approximate surface area is 106 Å². The lowest BCUT2D eigenvalue weighted by Crippen LogP contribution is -2.28. The highest BCUT2D eigenvalue weighted by Crippen LogP contribution is 2.38. The van der Waals surface area contributed by atoms with Gasteiger partial charge in [0.05, 0.1) is 12.9 Å². The molecular weight excluding hydrogens is 257 g/mol. The van der Waals surface area contributed by atoms with Gasteiger partial charge in [-0.2, -0.15) is 14.4 Å². The summed E-state index contributed by atoms with van der Waals surface area (Å²) >= 11 is 0. The van der Waals surface area contributed by atoms with Crippen molar-refractivity contribution in [2.45, 2.75) is 24.5 Å². The van der Waals surface area contributed by atoms with Gasteiger partial charge in [0.2, 0.25) is 0 Å². The summed E-state index contributed by atoms with van der Waals surface area (Å²) in [6, 6.07) is 0. The van der Waals surface area contributed by atoms with Crippen molar-refractivity contribution in [3.8, 4) is 0 Å². The molecule has 2 aliphatic heterocycles. The molecule has 100 valence electrons. The maximum absolute atomic E-state index is 13.2. The van der Waals surface area contributed by atoms with Crippen LogP contribution in [-0.4, -0.2) is 49.5 Å². The van der Waals surface area contributed by atoms with Crippen LogP contribution in [0.25, 0.3) is 11.2 Å². The van der Waals surface area contributed by atoms with Crippen LogP contribution in [0.2, 0.25) is 0 Å². The van der Waals surface area contributed by atoms with E-state index < -0.39 is 24.5 Å². The topological polar surface area (TPSA) is 108 Å². The minimum absolute atomic E-state index is 0.0362. The monoisotopic (exact) mass is 267 g/mol. The minimum atomic E-state index is -0.934. The van der Waals surface area contributed by atoms with Crippen LogP contribution in [-0.2, 0) is 9.47 Å². The number of aromatic nitrogens is 4. The number of hydrogen-bond acceptors (Lipinski definition) is 7. The summed E-state index contributed by atoms with van der Waals surface area (Å²) in [5, 5.41) is 9.86. The molecule has 0 aromatic carbocycles. The zero-order valence-corrected chi connectivity index (χ0v) is 9.60. The molecule has 0 saturated carbocycles. The molecule has 4 atom stereocenters. The summed E-state index contributed by atoms with van der Waals surface area (Å²) in [6.45, 7) is 0.348. The highest BCUT2D eigenvalue weighted by atomic mass is 19.1. The van der Waals surface area contributed by atoms with E-state index in [9.17, 15) is 9.50 Å². The van der Waals surface area contributed by atoms with E-state index in [0.717, 1.165) is 0 Å². The number of imidazole rings is 1. The molecule has 2 aromatic rings. The first kappa shape index (κ1) is 11.0. The molecule has 0 unspecified atom stereocenters. The lowest BCUT2D eigenvalue weighted by Gasteiger charge is -2.23. The fourth-order valence-electron chi connectivity index (χ4n) is 2.56. The van der Waals surface area contributed by atoms with Crippen molar-refractivity contribution in [2.24, 2.45) is 0 Å². The van der Waals surface area contributed by atoms with Gasteiger partial charge in [0.15, 0.2) is 23.2 Å². The molecular formula is C10H10FN5O3. The Bertz CT molecular complexity index is 662.